The molecule has 1 N–H and O–H groups in total. The molecule has 0 aliphatic heterocycles. The second-order valence-electron chi connectivity index (χ2n) is 5.63. The Morgan fingerprint density at radius 1 is 1.26 bits per heavy atom. The average Bonchev–Trinajstić information content (AvgIpc) is 2.46. The van der Waals surface area contributed by atoms with E-state index in [2.05, 4.69) is 5.32 Å². The van der Waals surface area contributed by atoms with Crippen molar-refractivity contribution in [2.24, 2.45) is 0 Å². The van der Waals surface area contributed by atoms with Gasteiger partial charge in [-0.05, 0) is 44.5 Å². The highest BCUT2D eigenvalue weighted by molar-refractivity contribution is 7.92. The zero-order valence-corrected chi connectivity index (χ0v) is 15.2. The van der Waals surface area contributed by atoms with E-state index in [1.54, 1.807) is 31.2 Å². The first-order valence-corrected chi connectivity index (χ1v) is 9.49. The summed E-state index contributed by atoms with van der Waals surface area (Å²) < 4.78 is 30.5. The molecule has 6 nitrogen and oxygen atoms in total. The van der Waals surface area contributed by atoms with Crippen LogP contribution in [0.2, 0.25) is 0 Å². The van der Waals surface area contributed by atoms with Crippen LogP contribution in [0.15, 0.2) is 24.3 Å². The highest BCUT2D eigenvalue weighted by atomic mass is 32.2. The smallest absolute Gasteiger partial charge is 0.243 e. The molecule has 23 heavy (non-hydrogen) atoms. The van der Waals surface area contributed by atoms with Gasteiger partial charge in [0.1, 0.15) is 11.8 Å². The lowest BCUT2D eigenvalue weighted by atomic mass is 10.2. The largest absolute Gasteiger partial charge is 0.497 e. The third kappa shape index (κ3) is 5.42. The molecule has 0 unspecified atom stereocenters. The van der Waals surface area contributed by atoms with Crippen LogP contribution in [0.3, 0.4) is 0 Å². The second kappa shape index (κ2) is 8.19. The van der Waals surface area contributed by atoms with E-state index in [4.69, 9.17) is 4.74 Å². The lowest BCUT2D eigenvalue weighted by molar-refractivity contribution is -0.122. The molecule has 1 aromatic rings. The van der Waals surface area contributed by atoms with Crippen LogP contribution in [0.5, 0.6) is 5.75 Å². The summed E-state index contributed by atoms with van der Waals surface area (Å²) in [7, 11) is -2.06. The van der Waals surface area contributed by atoms with Crippen LogP contribution < -0.4 is 14.4 Å². The molecule has 2 atom stereocenters. The van der Waals surface area contributed by atoms with Gasteiger partial charge < -0.3 is 10.1 Å². The average molecular weight is 342 g/mol. The molecule has 0 saturated carbocycles. The fraction of sp³-hybridized carbons (Fsp3) is 0.562. The standard InChI is InChI=1S/C16H26N2O4S/c1-6-7-12(2)17-16(19)13(3)18(23(5,20)21)14-8-10-15(22-4)11-9-14/h8-13H,6-7H2,1-5H3,(H,17,19)/t12-,13-/m1/s1. The van der Waals surface area contributed by atoms with Gasteiger partial charge in [-0.3, -0.25) is 9.10 Å². The molecule has 0 fully saturated rings. The van der Waals surface area contributed by atoms with E-state index in [-0.39, 0.29) is 11.9 Å². The summed E-state index contributed by atoms with van der Waals surface area (Å²) >= 11 is 0. The summed E-state index contributed by atoms with van der Waals surface area (Å²) in [5.74, 6) is 0.308. The van der Waals surface area contributed by atoms with Crippen molar-refractivity contribution >= 4 is 21.6 Å². The predicted molar refractivity (Wildman–Crippen MR) is 92.3 cm³/mol. The Bertz CT molecular complexity index is 613. The summed E-state index contributed by atoms with van der Waals surface area (Å²) in [6.45, 7) is 5.53. The van der Waals surface area contributed by atoms with Gasteiger partial charge in [-0.1, -0.05) is 13.3 Å². The first-order valence-electron chi connectivity index (χ1n) is 7.64. The lowest BCUT2D eigenvalue weighted by Gasteiger charge is -2.29. The van der Waals surface area contributed by atoms with Crippen LogP contribution in [0.1, 0.15) is 33.6 Å². The molecule has 0 bridgehead atoms. The minimum absolute atomic E-state index is 0.00669. The third-order valence-corrected chi connectivity index (χ3v) is 4.77. The molecule has 1 amide bonds. The Morgan fingerprint density at radius 3 is 2.26 bits per heavy atom. The zero-order valence-electron chi connectivity index (χ0n) is 14.4. The number of methoxy groups -OCH3 is 1. The monoisotopic (exact) mass is 342 g/mol. The van der Waals surface area contributed by atoms with Crippen LogP contribution in [-0.2, 0) is 14.8 Å². The van der Waals surface area contributed by atoms with Gasteiger partial charge in [0.15, 0.2) is 0 Å². The number of amides is 1. The summed E-state index contributed by atoms with van der Waals surface area (Å²) in [6, 6.07) is 5.75. The van der Waals surface area contributed by atoms with E-state index in [0.717, 1.165) is 23.4 Å². The Kier molecular flexibility index (Phi) is 6.87. The maximum absolute atomic E-state index is 12.4. The lowest BCUT2D eigenvalue weighted by Crippen LogP contribution is -2.49. The first-order chi connectivity index (χ1) is 10.7. The van der Waals surface area contributed by atoms with Gasteiger partial charge in [0.25, 0.3) is 0 Å². The first kappa shape index (κ1) is 19.3. The highest BCUT2D eigenvalue weighted by Gasteiger charge is 2.29. The molecule has 0 heterocycles. The summed E-state index contributed by atoms with van der Waals surface area (Å²) in [5, 5.41) is 2.86. The van der Waals surface area contributed by atoms with Crippen molar-refractivity contribution in [2.75, 3.05) is 17.7 Å². The molecule has 0 radical (unpaired) electrons. The molecule has 0 aliphatic carbocycles. The van der Waals surface area contributed by atoms with E-state index >= 15 is 0 Å². The molecule has 1 rings (SSSR count). The number of carbonyl (C=O) groups excluding carboxylic acids is 1. The van der Waals surface area contributed by atoms with Crippen molar-refractivity contribution in [2.45, 2.75) is 45.7 Å². The van der Waals surface area contributed by atoms with E-state index in [0.29, 0.717) is 11.4 Å². The number of nitrogens with one attached hydrogen (secondary N) is 1. The summed E-state index contributed by atoms with van der Waals surface area (Å²) in [5.41, 5.74) is 0.430. The van der Waals surface area contributed by atoms with Gasteiger partial charge in [0.05, 0.1) is 19.1 Å². The Balaban J connectivity index is 3.04. The number of anilines is 1. The van der Waals surface area contributed by atoms with Crippen LogP contribution in [-0.4, -0.2) is 39.8 Å². The number of ether oxygens (including phenoxy) is 1. The van der Waals surface area contributed by atoms with Crippen molar-refractivity contribution in [1.29, 1.82) is 0 Å². The van der Waals surface area contributed by atoms with Gasteiger partial charge in [-0.2, -0.15) is 0 Å². The van der Waals surface area contributed by atoms with E-state index in [9.17, 15) is 13.2 Å². The zero-order chi connectivity index (χ0) is 17.6. The van der Waals surface area contributed by atoms with Crippen LogP contribution in [0, 0.1) is 0 Å². The fourth-order valence-electron chi connectivity index (χ4n) is 2.41. The highest BCUT2D eigenvalue weighted by Crippen LogP contribution is 2.23. The van der Waals surface area contributed by atoms with E-state index in [1.165, 1.54) is 7.11 Å². The Labute approximate surface area is 138 Å². The number of benzene rings is 1. The topological polar surface area (TPSA) is 75.7 Å². The number of carbonyl (C=O) groups is 1. The van der Waals surface area contributed by atoms with Crippen molar-refractivity contribution < 1.29 is 17.9 Å². The minimum Gasteiger partial charge on any atom is -0.497 e. The van der Waals surface area contributed by atoms with Crippen LogP contribution in [0.4, 0.5) is 5.69 Å². The predicted octanol–water partition coefficient (Wildman–Crippen LogP) is 2.15. The van der Waals surface area contributed by atoms with Gasteiger partial charge in [0.2, 0.25) is 15.9 Å². The van der Waals surface area contributed by atoms with Crippen LogP contribution >= 0.6 is 0 Å². The summed E-state index contributed by atoms with van der Waals surface area (Å²) in [6.07, 6.45) is 2.89. The normalized spacial score (nSPS) is 14.0. The van der Waals surface area contributed by atoms with Crippen molar-refractivity contribution in [3.05, 3.63) is 24.3 Å². The van der Waals surface area contributed by atoms with Crippen molar-refractivity contribution in [3.8, 4) is 5.75 Å². The maximum atomic E-state index is 12.4. The number of rotatable bonds is 8. The Morgan fingerprint density at radius 2 is 1.83 bits per heavy atom. The second-order valence-corrected chi connectivity index (χ2v) is 7.49. The van der Waals surface area contributed by atoms with Gasteiger partial charge in [0, 0.05) is 6.04 Å². The van der Waals surface area contributed by atoms with Crippen molar-refractivity contribution in [1.82, 2.24) is 5.32 Å². The van der Waals surface area contributed by atoms with E-state index in [1.807, 2.05) is 13.8 Å². The molecule has 130 valence electrons. The molecular weight excluding hydrogens is 316 g/mol. The van der Waals surface area contributed by atoms with Gasteiger partial charge >= 0.3 is 0 Å². The quantitative estimate of drug-likeness (QED) is 0.785. The molecule has 0 aliphatic rings. The number of hydrogen-bond acceptors (Lipinski definition) is 4. The molecule has 7 heteroatoms. The van der Waals surface area contributed by atoms with Crippen LogP contribution in [0.25, 0.3) is 0 Å². The molecular formula is C16H26N2O4S. The van der Waals surface area contributed by atoms with Gasteiger partial charge in [-0.15, -0.1) is 0 Å². The number of sulfonamides is 1. The SMILES string of the molecule is CCC[C@@H](C)NC(=O)[C@@H](C)N(c1ccc(OC)cc1)S(C)(=O)=O. The Hall–Kier alpha value is -1.76. The van der Waals surface area contributed by atoms with Crippen molar-refractivity contribution in [3.63, 3.8) is 0 Å². The third-order valence-electron chi connectivity index (χ3n) is 3.53. The number of hydrogen-bond donors (Lipinski definition) is 1. The molecule has 0 saturated heterocycles. The molecule has 0 aromatic heterocycles. The maximum Gasteiger partial charge on any atom is 0.243 e. The molecule has 0 spiro atoms. The molecule has 1 aromatic carbocycles. The minimum atomic E-state index is -3.60. The van der Waals surface area contributed by atoms with E-state index < -0.39 is 16.1 Å². The summed E-state index contributed by atoms with van der Waals surface area (Å²) in [4.78, 5) is 12.4. The fourth-order valence-corrected chi connectivity index (χ4v) is 3.58. The van der Waals surface area contributed by atoms with Gasteiger partial charge in [-0.25, -0.2) is 8.42 Å². The number of nitrogens with zero attached hydrogens (tertiary/aromatic N) is 1.